The monoisotopic (exact) mass is 286 g/mol. The van der Waals surface area contributed by atoms with Gasteiger partial charge in [-0.05, 0) is 22.0 Å². The van der Waals surface area contributed by atoms with E-state index in [0.717, 1.165) is 10.0 Å². The van der Waals surface area contributed by atoms with E-state index in [0.29, 0.717) is 12.3 Å². The number of primary amides is 1. The molecule has 88 valence electrons. The minimum atomic E-state index is -0.374. The van der Waals surface area contributed by atoms with Crippen molar-refractivity contribution in [1.82, 2.24) is 0 Å². The maximum absolute atomic E-state index is 10.9. The van der Waals surface area contributed by atoms with Gasteiger partial charge in [-0.2, -0.15) is 0 Å². The highest BCUT2D eigenvalue weighted by Gasteiger charge is 2.12. The molecule has 0 aliphatic carbocycles. The molecule has 1 amide bonds. The lowest BCUT2D eigenvalue weighted by molar-refractivity contribution is -0.122. The number of halogens is 1. The molecule has 0 aliphatic rings. The normalized spacial score (nSPS) is 12.2. The first-order valence-electron chi connectivity index (χ1n) is 4.95. The van der Waals surface area contributed by atoms with Gasteiger partial charge in [0.25, 0.3) is 0 Å². The fraction of sp³-hybridized carbons (Fsp3) is 0.364. The van der Waals surface area contributed by atoms with Gasteiger partial charge < -0.3 is 16.2 Å². The number of hydrogen-bond donors (Lipinski definition) is 2. The second-order valence-corrected chi connectivity index (χ2v) is 4.40. The maximum Gasteiger partial charge on any atom is 0.223 e. The Morgan fingerprint density at radius 3 is 2.81 bits per heavy atom. The van der Waals surface area contributed by atoms with E-state index in [1.165, 1.54) is 0 Å². The minimum Gasteiger partial charge on any atom is -0.491 e. The molecule has 1 atom stereocenters. The van der Waals surface area contributed by atoms with Crippen LogP contribution in [-0.4, -0.2) is 12.5 Å². The Morgan fingerprint density at radius 2 is 2.25 bits per heavy atom. The van der Waals surface area contributed by atoms with Crippen molar-refractivity contribution in [2.45, 2.75) is 13.5 Å². The van der Waals surface area contributed by atoms with Crippen molar-refractivity contribution in [3.8, 4) is 5.75 Å². The number of carbonyl (C=O) groups excluding carboxylic acids is 1. The first-order chi connectivity index (χ1) is 7.56. The summed E-state index contributed by atoms with van der Waals surface area (Å²) in [5.41, 5.74) is 11.6. The Balaban J connectivity index is 2.76. The van der Waals surface area contributed by atoms with Crippen molar-refractivity contribution >= 4 is 21.8 Å². The number of hydrogen-bond acceptors (Lipinski definition) is 3. The molecule has 16 heavy (non-hydrogen) atoms. The van der Waals surface area contributed by atoms with E-state index in [-0.39, 0.29) is 18.4 Å². The highest BCUT2D eigenvalue weighted by atomic mass is 79.9. The molecule has 1 unspecified atom stereocenters. The largest absolute Gasteiger partial charge is 0.491 e. The van der Waals surface area contributed by atoms with E-state index >= 15 is 0 Å². The van der Waals surface area contributed by atoms with Crippen molar-refractivity contribution in [3.05, 3.63) is 28.2 Å². The van der Waals surface area contributed by atoms with Gasteiger partial charge in [-0.15, -0.1) is 0 Å². The van der Waals surface area contributed by atoms with E-state index in [4.69, 9.17) is 16.2 Å². The van der Waals surface area contributed by atoms with Crippen molar-refractivity contribution in [2.75, 3.05) is 6.61 Å². The van der Waals surface area contributed by atoms with E-state index in [1.807, 2.05) is 18.2 Å². The summed E-state index contributed by atoms with van der Waals surface area (Å²) in [6.45, 7) is 2.37. The second kappa shape index (κ2) is 5.86. The van der Waals surface area contributed by atoms with E-state index in [1.54, 1.807) is 6.92 Å². The van der Waals surface area contributed by atoms with Gasteiger partial charge >= 0.3 is 0 Å². The highest BCUT2D eigenvalue weighted by Crippen LogP contribution is 2.29. The maximum atomic E-state index is 10.9. The first kappa shape index (κ1) is 13.0. The third-order valence-corrected chi connectivity index (χ3v) is 2.86. The predicted molar refractivity (Wildman–Crippen MR) is 65.9 cm³/mol. The van der Waals surface area contributed by atoms with Gasteiger partial charge in [0.2, 0.25) is 5.91 Å². The number of rotatable bonds is 5. The van der Waals surface area contributed by atoms with Crippen molar-refractivity contribution in [3.63, 3.8) is 0 Å². The van der Waals surface area contributed by atoms with Gasteiger partial charge in [-0.25, -0.2) is 0 Å². The van der Waals surface area contributed by atoms with Crippen LogP contribution in [0.25, 0.3) is 0 Å². The molecule has 0 saturated carbocycles. The van der Waals surface area contributed by atoms with Crippen LogP contribution >= 0.6 is 15.9 Å². The number of benzene rings is 1. The molecule has 0 bridgehead atoms. The van der Waals surface area contributed by atoms with Crippen LogP contribution in [0.5, 0.6) is 5.75 Å². The van der Waals surface area contributed by atoms with Gasteiger partial charge in [-0.3, -0.25) is 4.79 Å². The van der Waals surface area contributed by atoms with Crippen LogP contribution in [0.1, 0.15) is 12.5 Å². The standard InChI is InChI=1S/C11H15BrN2O2/c1-7(11(14)15)6-16-10-8(5-13)3-2-4-9(10)12/h2-4,7H,5-6,13H2,1H3,(H2,14,15). The lowest BCUT2D eigenvalue weighted by Crippen LogP contribution is -2.26. The lowest BCUT2D eigenvalue weighted by Gasteiger charge is -2.14. The van der Waals surface area contributed by atoms with Crippen molar-refractivity contribution in [1.29, 1.82) is 0 Å². The quantitative estimate of drug-likeness (QED) is 0.859. The molecule has 1 rings (SSSR count). The van der Waals surface area contributed by atoms with Gasteiger partial charge in [0, 0.05) is 12.1 Å². The molecular formula is C11H15BrN2O2. The van der Waals surface area contributed by atoms with Crippen molar-refractivity contribution < 1.29 is 9.53 Å². The molecular weight excluding hydrogens is 272 g/mol. The number of nitrogens with two attached hydrogens (primary N) is 2. The van der Waals surface area contributed by atoms with Gasteiger partial charge in [0.15, 0.2) is 0 Å². The smallest absolute Gasteiger partial charge is 0.223 e. The fourth-order valence-electron chi connectivity index (χ4n) is 1.17. The average molecular weight is 287 g/mol. The Morgan fingerprint density at radius 1 is 1.56 bits per heavy atom. The summed E-state index contributed by atoms with van der Waals surface area (Å²) in [6.07, 6.45) is 0. The van der Waals surface area contributed by atoms with Crippen molar-refractivity contribution in [2.24, 2.45) is 17.4 Å². The van der Waals surface area contributed by atoms with Crippen LogP contribution in [0.3, 0.4) is 0 Å². The third kappa shape index (κ3) is 3.21. The molecule has 5 heteroatoms. The van der Waals surface area contributed by atoms with Crippen LogP contribution < -0.4 is 16.2 Å². The van der Waals surface area contributed by atoms with E-state index < -0.39 is 0 Å². The second-order valence-electron chi connectivity index (χ2n) is 3.55. The summed E-state index contributed by atoms with van der Waals surface area (Å²) in [5, 5.41) is 0. The predicted octanol–water partition coefficient (Wildman–Crippen LogP) is 1.41. The first-order valence-corrected chi connectivity index (χ1v) is 5.75. The number of ether oxygens (including phenoxy) is 1. The Labute approximate surface area is 103 Å². The minimum absolute atomic E-state index is 0.255. The van der Waals surface area contributed by atoms with Crippen LogP contribution in [0.4, 0.5) is 0 Å². The SMILES string of the molecule is CC(COc1c(Br)cccc1CN)C(N)=O. The average Bonchev–Trinajstić information content (AvgIpc) is 2.26. The number of carbonyl (C=O) groups is 1. The molecule has 4 N–H and O–H groups in total. The van der Waals surface area contributed by atoms with E-state index in [2.05, 4.69) is 15.9 Å². The molecule has 0 spiro atoms. The summed E-state index contributed by atoms with van der Waals surface area (Å²) >= 11 is 3.38. The lowest BCUT2D eigenvalue weighted by atomic mass is 10.2. The Kier molecular flexibility index (Phi) is 4.76. The van der Waals surface area contributed by atoms with E-state index in [9.17, 15) is 4.79 Å². The Bertz CT molecular complexity index is 382. The molecule has 1 aromatic carbocycles. The molecule has 0 aromatic heterocycles. The molecule has 1 aromatic rings. The zero-order valence-electron chi connectivity index (χ0n) is 9.07. The van der Waals surface area contributed by atoms with Crippen LogP contribution in [0.15, 0.2) is 22.7 Å². The van der Waals surface area contributed by atoms with Crippen LogP contribution in [0.2, 0.25) is 0 Å². The highest BCUT2D eigenvalue weighted by molar-refractivity contribution is 9.10. The summed E-state index contributed by atoms with van der Waals surface area (Å²) in [7, 11) is 0. The summed E-state index contributed by atoms with van der Waals surface area (Å²) in [4.78, 5) is 10.9. The van der Waals surface area contributed by atoms with Crippen LogP contribution in [0, 0.1) is 5.92 Å². The van der Waals surface area contributed by atoms with Gasteiger partial charge in [0.05, 0.1) is 17.0 Å². The zero-order chi connectivity index (χ0) is 12.1. The topological polar surface area (TPSA) is 78.3 Å². The zero-order valence-corrected chi connectivity index (χ0v) is 10.7. The summed E-state index contributed by atoms with van der Waals surface area (Å²) in [5.74, 6) is -0.0165. The molecule has 0 saturated heterocycles. The molecule has 4 nitrogen and oxygen atoms in total. The number of para-hydroxylation sites is 1. The fourth-order valence-corrected chi connectivity index (χ4v) is 1.69. The molecule has 0 fully saturated rings. The van der Waals surface area contributed by atoms with Crippen LogP contribution in [-0.2, 0) is 11.3 Å². The Hall–Kier alpha value is -1.07. The van der Waals surface area contributed by atoms with Gasteiger partial charge in [0.1, 0.15) is 5.75 Å². The number of amides is 1. The molecule has 0 radical (unpaired) electrons. The van der Waals surface area contributed by atoms with Gasteiger partial charge in [-0.1, -0.05) is 19.1 Å². The molecule has 0 aliphatic heterocycles. The summed E-state index contributed by atoms with van der Waals surface area (Å²) in [6, 6.07) is 5.63. The third-order valence-electron chi connectivity index (χ3n) is 2.23. The molecule has 0 heterocycles. The summed E-state index contributed by atoms with van der Waals surface area (Å²) < 4.78 is 6.38.